The smallest absolute Gasteiger partial charge is 0.258 e. The standard InChI is InChI=1S/C22H14Cl2N2O4/c23-19-7-3-1-5-15(19)9-11-17-13-18(12-10-16-6-2-4-8-20(16)24)22(26(29)30)14-21(17)25(27)28/h1-14H/b11-9-,12-10-. The Morgan fingerprint density at radius 2 is 0.967 bits per heavy atom. The van der Waals surface area contributed by atoms with Crippen molar-refractivity contribution in [2.75, 3.05) is 0 Å². The van der Waals surface area contributed by atoms with Crippen LogP contribution in [0.3, 0.4) is 0 Å². The molecule has 0 aliphatic carbocycles. The zero-order valence-electron chi connectivity index (χ0n) is 15.4. The highest BCUT2D eigenvalue weighted by atomic mass is 35.5. The molecule has 0 unspecified atom stereocenters. The molecule has 0 aliphatic heterocycles. The van der Waals surface area contributed by atoms with E-state index >= 15 is 0 Å². The number of hydrogen-bond acceptors (Lipinski definition) is 4. The quantitative estimate of drug-likeness (QED) is 0.231. The summed E-state index contributed by atoms with van der Waals surface area (Å²) < 4.78 is 0. The molecule has 0 fully saturated rings. The van der Waals surface area contributed by atoms with Gasteiger partial charge in [-0.3, -0.25) is 20.2 Å². The molecule has 30 heavy (non-hydrogen) atoms. The maximum Gasteiger partial charge on any atom is 0.283 e. The minimum atomic E-state index is -0.652. The number of hydrogen-bond donors (Lipinski definition) is 0. The Morgan fingerprint density at radius 3 is 1.33 bits per heavy atom. The third kappa shape index (κ3) is 4.92. The molecule has 0 atom stereocenters. The molecule has 0 heterocycles. The lowest BCUT2D eigenvalue weighted by Crippen LogP contribution is -1.98. The van der Waals surface area contributed by atoms with Crippen molar-refractivity contribution in [3.8, 4) is 0 Å². The van der Waals surface area contributed by atoms with E-state index in [-0.39, 0.29) is 22.5 Å². The fourth-order valence-corrected chi connectivity index (χ4v) is 3.17. The van der Waals surface area contributed by atoms with Crippen molar-refractivity contribution in [2.24, 2.45) is 0 Å². The molecule has 8 heteroatoms. The Labute approximate surface area is 182 Å². The largest absolute Gasteiger partial charge is 0.283 e. The highest BCUT2D eigenvalue weighted by molar-refractivity contribution is 6.32. The normalized spacial score (nSPS) is 11.3. The average Bonchev–Trinajstić information content (AvgIpc) is 2.72. The molecule has 0 N–H and O–H groups in total. The second-order valence-corrected chi connectivity index (χ2v) is 7.01. The van der Waals surface area contributed by atoms with E-state index in [9.17, 15) is 20.2 Å². The summed E-state index contributed by atoms with van der Waals surface area (Å²) in [6.07, 6.45) is 6.27. The van der Waals surface area contributed by atoms with Gasteiger partial charge in [0, 0.05) is 10.0 Å². The topological polar surface area (TPSA) is 86.3 Å². The second kappa shape index (κ2) is 9.35. The highest BCUT2D eigenvalue weighted by Gasteiger charge is 2.22. The summed E-state index contributed by atoms with van der Waals surface area (Å²) in [7, 11) is 0. The van der Waals surface area contributed by atoms with Gasteiger partial charge in [0.25, 0.3) is 11.4 Å². The van der Waals surface area contributed by atoms with E-state index in [0.717, 1.165) is 6.07 Å². The van der Waals surface area contributed by atoms with Crippen LogP contribution in [0.4, 0.5) is 11.4 Å². The molecule has 0 spiro atoms. The summed E-state index contributed by atoms with van der Waals surface area (Å²) in [5.41, 5.74) is 1.01. The average molecular weight is 441 g/mol. The molecule has 3 aromatic carbocycles. The Bertz CT molecular complexity index is 1100. The molecule has 0 aliphatic rings. The number of rotatable bonds is 6. The summed E-state index contributed by atoms with van der Waals surface area (Å²) in [6, 6.07) is 16.4. The van der Waals surface area contributed by atoms with Crippen molar-refractivity contribution in [3.05, 3.63) is 113 Å². The first-order chi connectivity index (χ1) is 14.4. The van der Waals surface area contributed by atoms with Crippen LogP contribution in [-0.2, 0) is 0 Å². The first-order valence-electron chi connectivity index (χ1n) is 8.69. The number of nitro benzene ring substituents is 2. The molecule has 0 saturated heterocycles. The van der Waals surface area contributed by atoms with Gasteiger partial charge in [-0.25, -0.2) is 0 Å². The lowest BCUT2D eigenvalue weighted by atomic mass is 10.0. The van der Waals surface area contributed by atoms with Gasteiger partial charge in [-0.15, -0.1) is 0 Å². The van der Waals surface area contributed by atoms with E-state index < -0.39 is 9.85 Å². The number of halogens is 2. The van der Waals surface area contributed by atoms with Gasteiger partial charge >= 0.3 is 0 Å². The lowest BCUT2D eigenvalue weighted by Gasteiger charge is -2.04. The van der Waals surface area contributed by atoms with E-state index in [0.29, 0.717) is 21.2 Å². The monoisotopic (exact) mass is 440 g/mol. The molecule has 0 bridgehead atoms. The van der Waals surface area contributed by atoms with Gasteiger partial charge in [-0.2, -0.15) is 0 Å². The van der Waals surface area contributed by atoms with Crippen LogP contribution in [0.5, 0.6) is 0 Å². The second-order valence-electron chi connectivity index (χ2n) is 6.19. The summed E-state index contributed by atoms with van der Waals surface area (Å²) in [5.74, 6) is 0. The van der Waals surface area contributed by atoms with Crippen LogP contribution in [-0.4, -0.2) is 9.85 Å². The van der Waals surface area contributed by atoms with Crippen molar-refractivity contribution in [3.63, 3.8) is 0 Å². The Kier molecular flexibility index (Phi) is 6.61. The Balaban J connectivity index is 2.11. The van der Waals surface area contributed by atoms with Crippen molar-refractivity contribution in [1.82, 2.24) is 0 Å². The molecular formula is C22H14Cl2N2O4. The number of benzene rings is 3. The lowest BCUT2D eigenvalue weighted by molar-refractivity contribution is -0.394. The minimum absolute atomic E-state index is 0.212. The van der Waals surface area contributed by atoms with Crippen LogP contribution >= 0.6 is 23.2 Å². The van der Waals surface area contributed by atoms with Crippen LogP contribution < -0.4 is 0 Å². The minimum Gasteiger partial charge on any atom is -0.258 e. The zero-order chi connectivity index (χ0) is 21.7. The SMILES string of the molecule is O=[N+]([O-])c1cc([N+](=O)[O-])c(/C=C\c2ccccc2Cl)cc1/C=C\c1ccccc1Cl. The van der Waals surface area contributed by atoms with Gasteiger partial charge in [-0.05, 0) is 41.5 Å². The van der Waals surface area contributed by atoms with E-state index in [1.54, 1.807) is 60.7 Å². The van der Waals surface area contributed by atoms with E-state index in [2.05, 4.69) is 0 Å². The highest BCUT2D eigenvalue weighted by Crippen LogP contribution is 2.32. The molecular weight excluding hydrogens is 427 g/mol. The molecule has 0 amide bonds. The number of nitrogens with zero attached hydrogens (tertiary/aromatic N) is 2. The zero-order valence-corrected chi connectivity index (χ0v) is 16.9. The van der Waals surface area contributed by atoms with Crippen LogP contribution in [0.25, 0.3) is 24.3 Å². The van der Waals surface area contributed by atoms with Crippen molar-refractivity contribution in [1.29, 1.82) is 0 Å². The first kappa shape index (κ1) is 21.2. The molecule has 3 aromatic rings. The van der Waals surface area contributed by atoms with Gasteiger partial charge in [-0.1, -0.05) is 71.8 Å². The first-order valence-corrected chi connectivity index (χ1v) is 9.44. The maximum atomic E-state index is 11.5. The molecule has 150 valence electrons. The fraction of sp³-hybridized carbons (Fsp3) is 0. The van der Waals surface area contributed by atoms with Gasteiger partial charge in [0.15, 0.2) is 0 Å². The summed E-state index contributed by atoms with van der Waals surface area (Å²) in [5, 5.41) is 24.0. The van der Waals surface area contributed by atoms with Crippen molar-refractivity contribution >= 4 is 58.9 Å². The van der Waals surface area contributed by atoms with Crippen LogP contribution in [0, 0.1) is 20.2 Å². The van der Waals surface area contributed by atoms with Gasteiger partial charge < -0.3 is 0 Å². The van der Waals surface area contributed by atoms with Gasteiger partial charge in [0.1, 0.15) is 0 Å². The van der Waals surface area contributed by atoms with Gasteiger partial charge in [0.05, 0.1) is 27.0 Å². The predicted molar refractivity (Wildman–Crippen MR) is 121 cm³/mol. The molecule has 3 rings (SSSR count). The third-order valence-electron chi connectivity index (χ3n) is 4.26. The molecule has 0 aromatic heterocycles. The maximum absolute atomic E-state index is 11.5. The van der Waals surface area contributed by atoms with E-state index in [4.69, 9.17) is 23.2 Å². The van der Waals surface area contributed by atoms with Crippen molar-refractivity contribution in [2.45, 2.75) is 0 Å². The van der Waals surface area contributed by atoms with E-state index in [1.165, 1.54) is 18.2 Å². The molecule has 0 saturated carbocycles. The van der Waals surface area contributed by atoms with Crippen LogP contribution in [0.15, 0.2) is 60.7 Å². The summed E-state index contributed by atoms with van der Waals surface area (Å²) >= 11 is 12.3. The van der Waals surface area contributed by atoms with E-state index in [1.807, 2.05) is 0 Å². The van der Waals surface area contributed by atoms with Crippen molar-refractivity contribution < 1.29 is 9.85 Å². The fourth-order valence-electron chi connectivity index (χ4n) is 2.77. The third-order valence-corrected chi connectivity index (χ3v) is 4.95. The predicted octanol–water partition coefficient (Wildman–Crippen LogP) is 7.15. The Morgan fingerprint density at radius 1 is 0.600 bits per heavy atom. The van der Waals surface area contributed by atoms with Gasteiger partial charge in [0.2, 0.25) is 0 Å². The summed E-state index contributed by atoms with van der Waals surface area (Å²) in [4.78, 5) is 21.7. The van der Waals surface area contributed by atoms with Crippen LogP contribution in [0.1, 0.15) is 22.3 Å². The Hall–Kier alpha value is -3.48. The summed E-state index contributed by atoms with van der Waals surface area (Å²) in [6.45, 7) is 0. The van der Waals surface area contributed by atoms with Crippen LogP contribution in [0.2, 0.25) is 10.0 Å². The molecule has 0 radical (unpaired) electrons. The number of nitro groups is 2. The molecule has 6 nitrogen and oxygen atoms in total.